The monoisotopic (exact) mass is 367 g/mol. The van der Waals surface area contributed by atoms with Crippen LogP contribution in [0.2, 0.25) is 0 Å². The zero-order valence-corrected chi connectivity index (χ0v) is 14.9. The van der Waals surface area contributed by atoms with Gasteiger partial charge in [-0.3, -0.25) is 0 Å². The van der Waals surface area contributed by atoms with Crippen molar-refractivity contribution in [2.24, 2.45) is 0 Å². The summed E-state index contributed by atoms with van der Waals surface area (Å²) in [4.78, 5) is 16.6. The molecular weight excluding hydrogens is 344 g/mol. The van der Waals surface area contributed by atoms with Crippen molar-refractivity contribution in [3.63, 3.8) is 0 Å². The summed E-state index contributed by atoms with van der Waals surface area (Å²) in [6.45, 7) is 7.41. The molecule has 142 valence electrons. The highest BCUT2D eigenvalue weighted by molar-refractivity contribution is 5.91. The third-order valence-corrected chi connectivity index (χ3v) is 5.09. The Morgan fingerprint density at radius 1 is 1.15 bits per heavy atom. The average Bonchev–Trinajstić information content (AvgIpc) is 2.62. The summed E-state index contributed by atoms with van der Waals surface area (Å²) in [5, 5.41) is 19.5. The lowest BCUT2D eigenvalue weighted by Gasteiger charge is -2.37. The Bertz CT molecular complexity index is 746. The highest BCUT2D eigenvalue weighted by atomic mass is 19.1. The molecule has 2 aliphatic rings. The number of aliphatic hydroxyl groups excluding tert-OH is 1. The van der Waals surface area contributed by atoms with E-state index in [1.807, 2.05) is 6.92 Å². The maximum Gasteiger partial charge on any atom is 0.336 e. The van der Waals surface area contributed by atoms with Gasteiger partial charge in [0.15, 0.2) is 5.82 Å². The maximum absolute atomic E-state index is 15.3. The molecule has 1 atom stereocenters. The van der Waals surface area contributed by atoms with Gasteiger partial charge in [-0.1, -0.05) is 6.92 Å². The van der Waals surface area contributed by atoms with Gasteiger partial charge in [-0.05, 0) is 19.5 Å². The van der Waals surface area contributed by atoms with Crippen LogP contribution >= 0.6 is 0 Å². The van der Waals surface area contributed by atoms with Gasteiger partial charge in [0.25, 0.3) is 0 Å². The molecule has 0 bridgehead atoms. The van der Waals surface area contributed by atoms with E-state index < -0.39 is 23.7 Å². The van der Waals surface area contributed by atoms with Crippen molar-refractivity contribution in [2.45, 2.75) is 20.0 Å². The van der Waals surface area contributed by atoms with E-state index in [1.165, 1.54) is 11.1 Å². The van der Waals surface area contributed by atoms with Gasteiger partial charge in [0.1, 0.15) is 17.6 Å². The van der Waals surface area contributed by atoms with Crippen molar-refractivity contribution in [1.29, 1.82) is 0 Å². The summed E-state index contributed by atoms with van der Waals surface area (Å²) >= 11 is 0. The Balaban J connectivity index is 2.05. The van der Waals surface area contributed by atoms with E-state index in [9.17, 15) is 19.4 Å². The predicted molar refractivity (Wildman–Crippen MR) is 94.4 cm³/mol. The molecule has 2 heterocycles. The lowest BCUT2D eigenvalue weighted by molar-refractivity contribution is -0.133. The molecule has 26 heavy (non-hydrogen) atoms. The van der Waals surface area contributed by atoms with Gasteiger partial charge in [-0.15, -0.1) is 0 Å². The number of hydrogen-bond acceptors (Lipinski definition) is 5. The van der Waals surface area contributed by atoms with Crippen molar-refractivity contribution < 1.29 is 23.8 Å². The standard InChI is InChI=1S/C18H23F2N3O3/c1-3-21-5-7-23(8-6-21)16-13(19)9-11-15(14(16)20)22(4-2)10-12(17(11)24)18(25)26/h9-10,17,24H,3-8H2,1-2H3,(H,25,26). The van der Waals surface area contributed by atoms with Crippen molar-refractivity contribution in [1.82, 2.24) is 4.90 Å². The van der Waals surface area contributed by atoms with Crippen molar-refractivity contribution >= 4 is 17.3 Å². The molecule has 1 aromatic rings. The number of rotatable bonds is 4. The summed E-state index contributed by atoms with van der Waals surface area (Å²) in [6, 6.07) is 1.06. The molecule has 0 amide bonds. The first-order chi connectivity index (χ1) is 12.4. The van der Waals surface area contributed by atoms with Gasteiger partial charge < -0.3 is 24.9 Å². The number of fused-ring (bicyclic) bond motifs is 1. The smallest absolute Gasteiger partial charge is 0.336 e. The Labute approximate surface area is 150 Å². The fourth-order valence-corrected chi connectivity index (χ4v) is 3.59. The molecular formula is C18H23F2N3O3. The van der Waals surface area contributed by atoms with Crippen molar-refractivity contribution in [2.75, 3.05) is 49.1 Å². The van der Waals surface area contributed by atoms with E-state index in [0.29, 0.717) is 19.6 Å². The van der Waals surface area contributed by atoms with Gasteiger partial charge in [0, 0.05) is 44.5 Å². The first-order valence-corrected chi connectivity index (χ1v) is 8.77. The molecule has 1 unspecified atom stereocenters. The second-order valence-electron chi connectivity index (χ2n) is 6.46. The number of carbonyl (C=O) groups is 1. The Hall–Kier alpha value is -2.19. The van der Waals surface area contributed by atoms with Gasteiger partial charge in [0.05, 0.1) is 11.3 Å². The summed E-state index contributed by atoms with van der Waals surface area (Å²) in [5.41, 5.74) is -0.434. The van der Waals surface area contributed by atoms with E-state index in [4.69, 9.17) is 0 Å². The number of carboxylic acids is 1. The fourth-order valence-electron chi connectivity index (χ4n) is 3.59. The second-order valence-corrected chi connectivity index (χ2v) is 6.46. The maximum atomic E-state index is 15.3. The molecule has 0 radical (unpaired) electrons. The molecule has 1 saturated heterocycles. The quantitative estimate of drug-likeness (QED) is 0.848. The van der Waals surface area contributed by atoms with Crippen LogP contribution in [0.4, 0.5) is 20.2 Å². The van der Waals surface area contributed by atoms with Gasteiger partial charge >= 0.3 is 5.97 Å². The van der Waals surface area contributed by atoms with Crippen LogP contribution in [0.5, 0.6) is 0 Å². The number of anilines is 2. The highest BCUT2D eigenvalue weighted by Crippen LogP contribution is 2.42. The van der Waals surface area contributed by atoms with Crippen molar-refractivity contribution in [3.05, 3.63) is 35.0 Å². The lowest BCUT2D eigenvalue weighted by atomic mass is 9.94. The summed E-state index contributed by atoms with van der Waals surface area (Å²) in [7, 11) is 0. The minimum Gasteiger partial charge on any atom is -0.478 e. The zero-order chi connectivity index (χ0) is 19.0. The molecule has 6 nitrogen and oxygen atoms in total. The number of piperazine rings is 1. The number of nitrogens with zero attached hydrogens (tertiary/aromatic N) is 3. The second kappa shape index (κ2) is 7.20. The molecule has 1 fully saturated rings. The summed E-state index contributed by atoms with van der Waals surface area (Å²) in [6.07, 6.45) is -0.352. The van der Waals surface area contributed by atoms with Gasteiger partial charge in [-0.2, -0.15) is 0 Å². The number of benzene rings is 1. The Morgan fingerprint density at radius 3 is 2.35 bits per heavy atom. The molecule has 2 N–H and O–H groups in total. The van der Waals surface area contributed by atoms with Crippen LogP contribution in [0.15, 0.2) is 17.8 Å². The molecule has 1 aromatic carbocycles. The topological polar surface area (TPSA) is 67.2 Å². The zero-order valence-electron chi connectivity index (χ0n) is 14.9. The van der Waals surface area contributed by atoms with Crippen LogP contribution in [0.3, 0.4) is 0 Å². The molecule has 3 rings (SSSR count). The van der Waals surface area contributed by atoms with Crippen LogP contribution in [0.1, 0.15) is 25.5 Å². The molecule has 0 saturated carbocycles. The van der Waals surface area contributed by atoms with Gasteiger partial charge in [0.2, 0.25) is 0 Å². The minimum absolute atomic E-state index is 0.0410. The Morgan fingerprint density at radius 2 is 1.81 bits per heavy atom. The number of hydrogen-bond donors (Lipinski definition) is 2. The van der Waals surface area contributed by atoms with E-state index in [-0.39, 0.29) is 22.5 Å². The highest BCUT2D eigenvalue weighted by Gasteiger charge is 2.35. The predicted octanol–water partition coefficient (Wildman–Crippen LogP) is 1.95. The normalized spacial score (nSPS) is 20.8. The Kier molecular flexibility index (Phi) is 5.15. The largest absolute Gasteiger partial charge is 0.478 e. The molecule has 0 aliphatic carbocycles. The third-order valence-electron chi connectivity index (χ3n) is 5.09. The van der Waals surface area contributed by atoms with Crippen LogP contribution < -0.4 is 9.80 Å². The number of carboxylic acid groups (broad SMARTS) is 1. The first-order valence-electron chi connectivity index (χ1n) is 8.77. The number of likely N-dealkylation sites (N-methyl/N-ethyl adjacent to an activating group) is 1. The van der Waals surface area contributed by atoms with E-state index in [0.717, 1.165) is 25.7 Å². The number of aliphatic hydroxyl groups is 1. The SMILES string of the molecule is CCN1CCN(c2c(F)cc3c(c2F)N(CC)C=C(C(=O)O)C3O)CC1. The minimum atomic E-state index is -1.57. The molecule has 2 aliphatic heterocycles. The summed E-state index contributed by atoms with van der Waals surface area (Å²) < 4.78 is 30.0. The molecule has 0 spiro atoms. The first kappa shape index (κ1) is 18.6. The third kappa shape index (κ3) is 3.03. The van der Waals surface area contributed by atoms with E-state index in [2.05, 4.69) is 4.90 Å². The van der Waals surface area contributed by atoms with Crippen LogP contribution in [0.25, 0.3) is 0 Å². The van der Waals surface area contributed by atoms with Crippen molar-refractivity contribution in [3.8, 4) is 0 Å². The van der Waals surface area contributed by atoms with E-state index in [1.54, 1.807) is 11.8 Å². The average molecular weight is 367 g/mol. The lowest BCUT2D eigenvalue weighted by Crippen LogP contribution is -2.47. The van der Waals surface area contributed by atoms with Crippen LogP contribution in [0, 0.1) is 11.6 Å². The van der Waals surface area contributed by atoms with E-state index >= 15 is 4.39 Å². The molecule has 8 heteroatoms. The van der Waals surface area contributed by atoms with Crippen LogP contribution in [-0.4, -0.2) is 60.4 Å². The number of halogens is 2. The molecule has 0 aromatic heterocycles. The summed E-state index contributed by atoms with van der Waals surface area (Å²) in [5.74, 6) is -2.86. The van der Waals surface area contributed by atoms with Crippen LogP contribution in [-0.2, 0) is 4.79 Å². The van der Waals surface area contributed by atoms with Gasteiger partial charge in [-0.25, -0.2) is 13.6 Å². The fraction of sp³-hybridized carbons (Fsp3) is 0.500. The number of aliphatic carboxylic acids is 1.